The van der Waals surface area contributed by atoms with Crippen LogP contribution in [0.25, 0.3) is 11.5 Å². The molecule has 0 saturated carbocycles. The van der Waals surface area contributed by atoms with Crippen LogP contribution in [0.4, 0.5) is 0 Å². The summed E-state index contributed by atoms with van der Waals surface area (Å²) in [5.74, 6) is 1.51. The Balaban J connectivity index is 2.01. The van der Waals surface area contributed by atoms with E-state index >= 15 is 0 Å². The molecule has 3 heterocycles. The number of H-pyrrole nitrogens is 1. The van der Waals surface area contributed by atoms with E-state index in [1.807, 2.05) is 19.1 Å². The highest BCUT2D eigenvalue weighted by Crippen LogP contribution is 2.32. The van der Waals surface area contributed by atoms with Crippen LogP contribution < -0.4 is 0 Å². The van der Waals surface area contributed by atoms with E-state index in [1.165, 1.54) is 0 Å². The third-order valence-electron chi connectivity index (χ3n) is 3.20. The summed E-state index contributed by atoms with van der Waals surface area (Å²) in [6.45, 7) is 3.00. The Bertz CT molecular complexity index is 506. The highest BCUT2D eigenvalue weighted by atomic mass is 16.5. The van der Waals surface area contributed by atoms with Crippen LogP contribution in [0.5, 0.6) is 0 Å². The van der Waals surface area contributed by atoms with Gasteiger partial charge in [0.05, 0.1) is 31.5 Å². The number of hydrogen-bond acceptors (Lipinski definition) is 4. The smallest absolute Gasteiger partial charge is 0.154 e. The standard InChI is InChI=1S/C12H14N2O3/c1-8-10(9-3-2-4-17-9)14-11(13-8)12(5-15)6-16-7-12/h2-4,15H,5-7H2,1H3,(H,13,14). The fraction of sp³-hybridized carbons (Fsp3) is 0.417. The van der Waals surface area contributed by atoms with Crippen LogP contribution in [0.2, 0.25) is 0 Å². The second-order valence-corrected chi connectivity index (χ2v) is 4.47. The monoisotopic (exact) mass is 234 g/mol. The molecule has 0 atom stereocenters. The lowest BCUT2D eigenvalue weighted by Crippen LogP contribution is -2.50. The minimum atomic E-state index is -0.365. The largest absolute Gasteiger partial charge is 0.463 e. The molecule has 0 aliphatic carbocycles. The lowest BCUT2D eigenvalue weighted by Gasteiger charge is -2.37. The van der Waals surface area contributed by atoms with Gasteiger partial charge in [0.1, 0.15) is 11.5 Å². The molecular weight excluding hydrogens is 220 g/mol. The van der Waals surface area contributed by atoms with Crippen molar-refractivity contribution in [3.8, 4) is 11.5 Å². The van der Waals surface area contributed by atoms with Gasteiger partial charge in [-0.3, -0.25) is 0 Å². The van der Waals surface area contributed by atoms with E-state index in [2.05, 4.69) is 9.97 Å². The number of aromatic amines is 1. The van der Waals surface area contributed by atoms with Gasteiger partial charge in [0.2, 0.25) is 0 Å². The maximum Gasteiger partial charge on any atom is 0.154 e. The number of aliphatic hydroxyl groups excluding tert-OH is 1. The quantitative estimate of drug-likeness (QED) is 0.838. The van der Waals surface area contributed by atoms with Gasteiger partial charge in [-0.15, -0.1) is 0 Å². The lowest BCUT2D eigenvalue weighted by molar-refractivity contribution is -0.0880. The number of nitrogens with zero attached hydrogens (tertiary/aromatic N) is 1. The van der Waals surface area contributed by atoms with Crippen molar-refractivity contribution in [2.24, 2.45) is 0 Å². The zero-order valence-corrected chi connectivity index (χ0v) is 9.56. The lowest BCUT2D eigenvalue weighted by atomic mass is 9.86. The van der Waals surface area contributed by atoms with Crippen LogP contribution in [0.1, 0.15) is 11.5 Å². The van der Waals surface area contributed by atoms with Gasteiger partial charge in [-0.25, -0.2) is 4.98 Å². The first kappa shape index (κ1) is 10.6. The van der Waals surface area contributed by atoms with Gasteiger partial charge in [-0.1, -0.05) is 0 Å². The molecule has 1 saturated heterocycles. The van der Waals surface area contributed by atoms with E-state index in [9.17, 15) is 5.11 Å². The van der Waals surface area contributed by atoms with E-state index in [4.69, 9.17) is 9.15 Å². The minimum absolute atomic E-state index is 0.0392. The van der Waals surface area contributed by atoms with Gasteiger partial charge >= 0.3 is 0 Å². The van der Waals surface area contributed by atoms with Crippen molar-refractivity contribution in [3.05, 3.63) is 29.9 Å². The Morgan fingerprint density at radius 2 is 2.35 bits per heavy atom. The number of imidazole rings is 1. The Hall–Kier alpha value is -1.59. The third-order valence-corrected chi connectivity index (χ3v) is 3.20. The van der Waals surface area contributed by atoms with E-state index in [1.54, 1.807) is 6.26 Å². The summed E-state index contributed by atoms with van der Waals surface area (Å²) in [5.41, 5.74) is 1.37. The first-order valence-electron chi connectivity index (χ1n) is 5.55. The first-order valence-corrected chi connectivity index (χ1v) is 5.55. The molecule has 17 heavy (non-hydrogen) atoms. The van der Waals surface area contributed by atoms with E-state index in [-0.39, 0.29) is 12.0 Å². The van der Waals surface area contributed by atoms with Crippen LogP contribution in [0.3, 0.4) is 0 Å². The third kappa shape index (κ3) is 1.50. The van der Waals surface area contributed by atoms with Crippen molar-refractivity contribution in [1.29, 1.82) is 0 Å². The van der Waals surface area contributed by atoms with Crippen molar-refractivity contribution in [2.75, 3.05) is 19.8 Å². The summed E-state index contributed by atoms with van der Waals surface area (Å²) in [7, 11) is 0. The van der Waals surface area contributed by atoms with E-state index in [0.717, 1.165) is 23.0 Å². The molecule has 90 valence electrons. The molecule has 1 aliphatic heterocycles. The van der Waals surface area contributed by atoms with Crippen molar-refractivity contribution >= 4 is 0 Å². The molecule has 0 radical (unpaired) electrons. The van der Waals surface area contributed by atoms with Gasteiger partial charge in [-0.2, -0.15) is 0 Å². The summed E-state index contributed by atoms with van der Waals surface area (Å²) >= 11 is 0. The highest BCUT2D eigenvalue weighted by Gasteiger charge is 2.43. The molecule has 2 N–H and O–H groups in total. The van der Waals surface area contributed by atoms with Gasteiger partial charge in [0, 0.05) is 5.69 Å². The van der Waals surface area contributed by atoms with E-state index in [0.29, 0.717) is 13.2 Å². The number of ether oxygens (including phenoxy) is 1. The number of furan rings is 1. The summed E-state index contributed by atoms with van der Waals surface area (Å²) in [4.78, 5) is 7.74. The summed E-state index contributed by atoms with van der Waals surface area (Å²) in [5, 5.41) is 9.46. The van der Waals surface area contributed by atoms with Crippen LogP contribution >= 0.6 is 0 Å². The number of rotatable bonds is 3. The topological polar surface area (TPSA) is 71.3 Å². The van der Waals surface area contributed by atoms with Crippen molar-refractivity contribution < 1.29 is 14.3 Å². The Kier molecular flexibility index (Phi) is 2.31. The predicted octanol–water partition coefficient (Wildman–Crippen LogP) is 1.24. The van der Waals surface area contributed by atoms with Crippen molar-refractivity contribution in [3.63, 3.8) is 0 Å². The molecule has 3 rings (SSSR count). The molecule has 2 aromatic rings. The zero-order valence-electron chi connectivity index (χ0n) is 9.56. The molecule has 0 unspecified atom stereocenters. The molecule has 1 fully saturated rings. The molecule has 0 spiro atoms. The summed E-state index contributed by atoms with van der Waals surface area (Å²) in [6, 6.07) is 3.70. The summed E-state index contributed by atoms with van der Waals surface area (Å²) < 4.78 is 10.5. The van der Waals surface area contributed by atoms with Crippen LogP contribution in [-0.4, -0.2) is 34.9 Å². The zero-order chi connectivity index (χ0) is 11.9. The number of nitrogens with one attached hydrogen (secondary N) is 1. The fourth-order valence-corrected chi connectivity index (χ4v) is 2.02. The SMILES string of the molecule is Cc1[nH]c(C2(CO)COC2)nc1-c1ccco1. The number of aryl methyl sites for hydroxylation is 1. The number of aromatic nitrogens is 2. The first-order chi connectivity index (χ1) is 8.25. The predicted molar refractivity (Wildman–Crippen MR) is 60.6 cm³/mol. The van der Waals surface area contributed by atoms with Crippen LogP contribution in [0.15, 0.2) is 22.8 Å². The Morgan fingerprint density at radius 3 is 2.88 bits per heavy atom. The maximum atomic E-state index is 9.46. The molecule has 0 bridgehead atoms. The Labute approximate surface area is 98.4 Å². The van der Waals surface area contributed by atoms with Gasteiger partial charge in [0.15, 0.2) is 5.76 Å². The van der Waals surface area contributed by atoms with Crippen LogP contribution in [0, 0.1) is 6.92 Å². The van der Waals surface area contributed by atoms with Gasteiger partial charge in [-0.05, 0) is 19.1 Å². The second kappa shape index (κ2) is 3.72. The summed E-state index contributed by atoms with van der Waals surface area (Å²) in [6.07, 6.45) is 1.62. The van der Waals surface area contributed by atoms with Crippen molar-refractivity contribution in [2.45, 2.75) is 12.3 Å². The highest BCUT2D eigenvalue weighted by molar-refractivity contribution is 5.55. The number of hydrogen-bond donors (Lipinski definition) is 2. The number of aliphatic hydroxyl groups is 1. The molecule has 2 aromatic heterocycles. The molecule has 5 nitrogen and oxygen atoms in total. The average molecular weight is 234 g/mol. The van der Waals surface area contributed by atoms with E-state index < -0.39 is 0 Å². The molecule has 0 amide bonds. The average Bonchev–Trinajstić information content (AvgIpc) is 2.86. The van der Waals surface area contributed by atoms with Gasteiger partial charge in [0.25, 0.3) is 0 Å². The minimum Gasteiger partial charge on any atom is -0.463 e. The van der Waals surface area contributed by atoms with Gasteiger partial charge < -0.3 is 19.2 Å². The van der Waals surface area contributed by atoms with Crippen LogP contribution in [-0.2, 0) is 10.2 Å². The fourth-order valence-electron chi connectivity index (χ4n) is 2.02. The molecule has 5 heteroatoms. The normalized spacial score (nSPS) is 18.0. The molecule has 0 aromatic carbocycles. The molecule has 1 aliphatic rings. The second-order valence-electron chi connectivity index (χ2n) is 4.47. The van der Waals surface area contributed by atoms with Crippen molar-refractivity contribution in [1.82, 2.24) is 9.97 Å². The maximum absolute atomic E-state index is 9.46. The Morgan fingerprint density at radius 1 is 1.53 bits per heavy atom. The molecular formula is C12H14N2O3.